The predicted molar refractivity (Wildman–Crippen MR) is 92.0 cm³/mol. The number of methoxy groups -OCH3 is 1. The number of oxazole rings is 1. The molecule has 1 amide bonds. The summed E-state index contributed by atoms with van der Waals surface area (Å²) in [5.41, 5.74) is 2.04. The van der Waals surface area contributed by atoms with E-state index in [-0.39, 0.29) is 12.5 Å². The molecule has 0 N–H and O–H groups in total. The number of nitrogens with zero attached hydrogens (tertiary/aromatic N) is 3. The lowest BCUT2D eigenvalue weighted by Gasteiger charge is -2.22. The van der Waals surface area contributed by atoms with Crippen molar-refractivity contribution in [3.05, 3.63) is 64.9 Å². The normalized spacial score (nSPS) is 10.9. The quantitative estimate of drug-likeness (QED) is 0.653. The lowest BCUT2D eigenvalue weighted by atomic mass is 10.2. The maximum atomic E-state index is 12.8. The third kappa shape index (κ3) is 3.95. The molecule has 0 aliphatic carbocycles. The second-order valence-corrected chi connectivity index (χ2v) is 5.59. The van der Waals surface area contributed by atoms with E-state index in [1.807, 2.05) is 12.1 Å². The average molecular weight is 341 g/mol. The van der Waals surface area contributed by atoms with Crippen LogP contribution in [0.15, 0.2) is 58.0 Å². The van der Waals surface area contributed by atoms with Crippen molar-refractivity contribution >= 4 is 17.0 Å². The summed E-state index contributed by atoms with van der Waals surface area (Å²) in [4.78, 5) is 30.5. The number of hydrogen-bond acceptors (Lipinski definition) is 5. The largest absolute Gasteiger partial charge is 0.420 e. The standard InChI is InChI=1S/C18H19N3O4/c1-24-11-10-20(12-14-6-8-19-9-7-14)17(22)13-21-15-4-2-3-5-16(15)25-18(21)23/h2-9H,10-13H2,1H3. The van der Waals surface area contributed by atoms with Crippen molar-refractivity contribution in [3.63, 3.8) is 0 Å². The van der Waals surface area contributed by atoms with E-state index in [9.17, 15) is 9.59 Å². The van der Waals surface area contributed by atoms with Gasteiger partial charge in [-0.2, -0.15) is 0 Å². The second kappa shape index (κ2) is 7.76. The highest BCUT2D eigenvalue weighted by Gasteiger charge is 2.18. The highest BCUT2D eigenvalue weighted by Crippen LogP contribution is 2.12. The van der Waals surface area contributed by atoms with E-state index < -0.39 is 5.76 Å². The van der Waals surface area contributed by atoms with Gasteiger partial charge in [0.15, 0.2) is 5.58 Å². The van der Waals surface area contributed by atoms with Crippen LogP contribution in [0.1, 0.15) is 5.56 Å². The first-order valence-corrected chi connectivity index (χ1v) is 7.93. The molecule has 2 aromatic heterocycles. The lowest BCUT2D eigenvalue weighted by Crippen LogP contribution is -2.37. The molecule has 2 heterocycles. The van der Waals surface area contributed by atoms with Gasteiger partial charge in [0, 0.05) is 32.6 Å². The molecule has 0 atom stereocenters. The minimum Gasteiger partial charge on any atom is -0.408 e. The number of carbonyl (C=O) groups excluding carboxylic acids is 1. The zero-order valence-electron chi connectivity index (χ0n) is 13.9. The fourth-order valence-corrected chi connectivity index (χ4v) is 2.60. The lowest BCUT2D eigenvalue weighted by molar-refractivity contribution is -0.133. The summed E-state index contributed by atoms with van der Waals surface area (Å²) < 4.78 is 11.6. The molecule has 0 aliphatic heterocycles. The van der Waals surface area contributed by atoms with Crippen molar-refractivity contribution in [2.24, 2.45) is 0 Å². The van der Waals surface area contributed by atoms with E-state index in [4.69, 9.17) is 9.15 Å². The van der Waals surface area contributed by atoms with Gasteiger partial charge in [0.25, 0.3) is 0 Å². The maximum absolute atomic E-state index is 12.8. The third-order valence-electron chi connectivity index (χ3n) is 3.91. The highest BCUT2D eigenvalue weighted by atomic mass is 16.5. The molecule has 7 heteroatoms. The van der Waals surface area contributed by atoms with Gasteiger partial charge in [-0.25, -0.2) is 4.79 Å². The van der Waals surface area contributed by atoms with E-state index in [1.54, 1.807) is 48.7 Å². The Morgan fingerprint density at radius 2 is 2.00 bits per heavy atom. The highest BCUT2D eigenvalue weighted by molar-refractivity contribution is 5.79. The Bertz CT molecular complexity index is 901. The molecule has 0 bridgehead atoms. The summed E-state index contributed by atoms with van der Waals surface area (Å²) in [7, 11) is 1.59. The number of aromatic nitrogens is 2. The molecule has 1 aromatic carbocycles. The van der Waals surface area contributed by atoms with Crippen LogP contribution in [0.3, 0.4) is 0 Å². The van der Waals surface area contributed by atoms with Crippen LogP contribution in [-0.2, 0) is 22.6 Å². The zero-order valence-corrected chi connectivity index (χ0v) is 13.9. The molecule has 0 unspecified atom stereocenters. The number of rotatable bonds is 7. The van der Waals surface area contributed by atoms with Crippen LogP contribution in [-0.4, -0.2) is 40.6 Å². The number of benzene rings is 1. The van der Waals surface area contributed by atoms with Gasteiger partial charge < -0.3 is 14.1 Å². The van der Waals surface area contributed by atoms with Crippen molar-refractivity contribution in [1.82, 2.24) is 14.5 Å². The summed E-state index contributed by atoms with van der Waals surface area (Å²) in [6.07, 6.45) is 3.37. The predicted octanol–water partition coefficient (Wildman–Crippen LogP) is 1.66. The molecular formula is C18H19N3O4. The summed E-state index contributed by atoms with van der Waals surface area (Å²) in [5.74, 6) is -0.715. The van der Waals surface area contributed by atoms with Crippen molar-refractivity contribution in [2.75, 3.05) is 20.3 Å². The third-order valence-corrected chi connectivity index (χ3v) is 3.91. The summed E-state index contributed by atoms with van der Waals surface area (Å²) >= 11 is 0. The minimum atomic E-state index is -0.537. The van der Waals surface area contributed by atoms with Crippen molar-refractivity contribution in [3.8, 4) is 0 Å². The summed E-state index contributed by atoms with van der Waals surface area (Å²) in [6, 6.07) is 10.8. The monoisotopic (exact) mass is 341 g/mol. The van der Waals surface area contributed by atoms with Gasteiger partial charge in [-0.1, -0.05) is 12.1 Å². The van der Waals surface area contributed by atoms with Gasteiger partial charge in [-0.05, 0) is 29.8 Å². The van der Waals surface area contributed by atoms with Crippen LogP contribution >= 0.6 is 0 Å². The van der Waals surface area contributed by atoms with E-state index >= 15 is 0 Å². The van der Waals surface area contributed by atoms with Gasteiger partial charge >= 0.3 is 5.76 Å². The molecule has 25 heavy (non-hydrogen) atoms. The molecule has 0 fully saturated rings. The van der Waals surface area contributed by atoms with E-state index in [0.717, 1.165) is 5.56 Å². The van der Waals surface area contributed by atoms with Crippen LogP contribution in [0.25, 0.3) is 11.1 Å². The number of hydrogen-bond donors (Lipinski definition) is 0. The van der Waals surface area contributed by atoms with Gasteiger partial charge in [-0.15, -0.1) is 0 Å². The van der Waals surface area contributed by atoms with Gasteiger partial charge in [0.2, 0.25) is 5.91 Å². The molecule has 130 valence electrons. The zero-order chi connectivity index (χ0) is 17.6. The maximum Gasteiger partial charge on any atom is 0.420 e. The Morgan fingerprint density at radius 1 is 1.24 bits per heavy atom. The fourth-order valence-electron chi connectivity index (χ4n) is 2.60. The first-order chi connectivity index (χ1) is 12.2. The Kier molecular flexibility index (Phi) is 5.25. The molecule has 0 saturated heterocycles. The minimum absolute atomic E-state index is 0.0787. The molecule has 0 radical (unpaired) electrons. The number of para-hydroxylation sites is 2. The number of amides is 1. The molecular weight excluding hydrogens is 322 g/mol. The second-order valence-electron chi connectivity index (χ2n) is 5.59. The fraction of sp³-hybridized carbons (Fsp3) is 0.278. The van der Waals surface area contributed by atoms with E-state index in [0.29, 0.717) is 30.8 Å². The first-order valence-electron chi connectivity index (χ1n) is 7.93. The molecule has 0 spiro atoms. The van der Waals surface area contributed by atoms with Crippen molar-refractivity contribution < 1.29 is 13.9 Å². The number of ether oxygens (including phenoxy) is 1. The molecule has 3 aromatic rings. The van der Waals surface area contributed by atoms with Crippen LogP contribution in [0.2, 0.25) is 0 Å². The van der Waals surface area contributed by atoms with Gasteiger partial charge in [0.05, 0.1) is 12.1 Å². The van der Waals surface area contributed by atoms with E-state index in [2.05, 4.69) is 4.98 Å². The van der Waals surface area contributed by atoms with E-state index in [1.165, 1.54) is 4.57 Å². The van der Waals surface area contributed by atoms with Crippen LogP contribution in [0.4, 0.5) is 0 Å². The Balaban J connectivity index is 1.81. The van der Waals surface area contributed by atoms with Crippen molar-refractivity contribution in [1.29, 1.82) is 0 Å². The first kappa shape index (κ1) is 16.9. The molecule has 7 nitrogen and oxygen atoms in total. The number of pyridine rings is 1. The molecule has 3 rings (SSSR count). The van der Waals surface area contributed by atoms with Crippen LogP contribution < -0.4 is 5.76 Å². The van der Waals surface area contributed by atoms with Crippen LogP contribution in [0, 0.1) is 0 Å². The Labute approximate surface area is 144 Å². The van der Waals surface area contributed by atoms with Gasteiger partial charge in [-0.3, -0.25) is 14.3 Å². The Hall–Kier alpha value is -2.93. The van der Waals surface area contributed by atoms with Crippen LogP contribution in [0.5, 0.6) is 0 Å². The summed E-state index contributed by atoms with van der Waals surface area (Å²) in [6.45, 7) is 1.19. The van der Waals surface area contributed by atoms with Gasteiger partial charge in [0.1, 0.15) is 6.54 Å². The molecule has 0 aliphatic rings. The topological polar surface area (TPSA) is 77.6 Å². The smallest absolute Gasteiger partial charge is 0.408 e. The summed E-state index contributed by atoms with van der Waals surface area (Å²) in [5, 5.41) is 0. The average Bonchev–Trinajstić information content (AvgIpc) is 2.95. The number of fused-ring (bicyclic) bond motifs is 1. The molecule has 0 saturated carbocycles. The van der Waals surface area contributed by atoms with Crippen molar-refractivity contribution in [2.45, 2.75) is 13.1 Å². The SMILES string of the molecule is COCCN(Cc1ccncc1)C(=O)Cn1c(=O)oc2ccccc21. The Morgan fingerprint density at radius 3 is 2.76 bits per heavy atom. The number of carbonyl (C=O) groups is 1.